The Morgan fingerprint density at radius 2 is 1.46 bits per heavy atom. The number of carbonyl (C=O) groups is 2. The smallest absolute Gasteiger partial charge is 0.323 e. The average molecular weight is 346 g/mol. The monoisotopic (exact) mass is 346 g/mol. The van der Waals surface area contributed by atoms with E-state index in [4.69, 9.17) is 9.47 Å². The molecule has 1 rings (SSSR count). The van der Waals surface area contributed by atoms with E-state index in [0.717, 1.165) is 0 Å². The summed E-state index contributed by atoms with van der Waals surface area (Å²) in [6.45, 7) is 4.65. The van der Waals surface area contributed by atoms with Crippen LogP contribution in [0.5, 0.6) is 0 Å². The zero-order valence-corrected chi connectivity index (χ0v) is 14.0. The first-order valence-corrected chi connectivity index (χ1v) is 7.80. The largest absolute Gasteiger partial charge is 0.465 e. The Morgan fingerprint density at radius 3 is 2.00 bits per heavy atom. The van der Waals surface area contributed by atoms with Gasteiger partial charge in [0.2, 0.25) is 0 Å². The van der Waals surface area contributed by atoms with E-state index in [1.165, 1.54) is 0 Å². The fourth-order valence-corrected chi connectivity index (χ4v) is 2.20. The van der Waals surface area contributed by atoms with Crippen LogP contribution in [0, 0.1) is 22.9 Å². The fourth-order valence-electron chi connectivity index (χ4n) is 2.20. The Hall–Kier alpha value is -2.05. The van der Waals surface area contributed by atoms with E-state index >= 15 is 0 Å². The number of hydrogen-bond donors (Lipinski definition) is 0. The predicted molar refractivity (Wildman–Crippen MR) is 80.4 cm³/mol. The number of benzene rings is 1. The molecular weight excluding hydrogens is 325 g/mol. The summed E-state index contributed by atoms with van der Waals surface area (Å²) in [5, 5.41) is 0. The molecule has 134 valence electrons. The Kier molecular flexibility index (Phi) is 7.25. The van der Waals surface area contributed by atoms with E-state index in [9.17, 15) is 22.8 Å². The minimum absolute atomic E-state index is 0.144. The van der Waals surface area contributed by atoms with Crippen molar-refractivity contribution < 1.29 is 32.2 Å². The number of halogens is 3. The van der Waals surface area contributed by atoms with Gasteiger partial charge in [-0.15, -0.1) is 0 Å². The topological polar surface area (TPSA) is 52.6 Å². The minimum Gasteiger partial charge on any atom is -0.465 e. The maximum absolute atomic E-state index is 13.6. The SMILES string of the molecule is CCCOC(=O)C(CC)(CC)C(=O)OCc1cc(F)c(F)cc1F. The van der Waals surface area contributed by atoms with E-state index in [0.29, 0.717) is 18.6 Å². The second-order valence-corrected chi connectivity index (χ2v) is 5.36. The molecule has 0 aromatic heterocycles. The van der Waals surface area contributed by atoms with Crippen LogP contribution < -0.4 is 0 Å². The molecule has 0 N–H and O–H groups in total. The molecule has 0 unspecified atom stereocenters. The summed E-state index contributed by atoms with van der Waals surface area (Å²) in [6, 6.07) is 0.994. The van der Waals surface area contributed by atoms with Crippen molar-refractivity contribution in [3.8, 4) is 0 Å². The van der Waals surface area contributed by atoms with Crippen LogP contribution in [0.25, 0.3) is 0 Å². The molecule has 0 atom stereocenters. The van der Waals surface area contributed by atoms with E-state index in [-0.39, 0.29) is 25.0 Å². The van der Waals surface area contributed by atoms with E-state index in [1.807, 2.05) is 6.92 Å². The van der Waals surface area contributed by atoms with Gasteiger partial charge in [0.15, 0.2) is 17.0 Å². The molecule has 0 aliphatic carbocycles. The van der Waals surface area contributed by atoms with Crippen LogP contribution in [-0.4, -0.2) is 18.5 Å². The van der Waals surface area contributed by atoms with Crippen molar-refractivity contribution in [3.63, 3.8) is 0 Å². The number of carbonyl (C=O) groups excluding carboxylic acids is 2. The Balaban J connectivity index is 2.90. The molecule has 0 aliphatic rings. The van der Waals surface area contributed by atoms with Gasteiger partial charge in [0.1, 0.15) is 12.4 Å². The minimum atomic E-state index is -1.50. The summed E-state index contributed by atoms with van der Waals surface area (Å²) < 4.78 is 49.7. The third-order valence-corrected chi connectivity index (χ3v) is 3.87. The highest BCUT2D eigenvalue weighted by atomic mass is 19.2. The highest BCUT2D eigenvalue weighted by Gasteiger charge is 2.45. The first-order chi connectivity index (χ1) is 11.3. The summed E-state index contributed by atoms with van der Waals surface area (Å²) >= 11 is 0. The lowest BCUT2D eigenvalue weighted by Crippen LogP contribution is -2.41. The van der Waals surface area contributed by atoms with E-state index < -0.39 is 41.4 Å². The molecule has 0 fully saturated rings. The van der Waals surface area contributed by atoms with Gasteiger partial charge < -0.3 is 9.47 Å². The van der Waals surface area contributed by atoms with Gasteiger partial charge in [-0.05, 0) is 25.3 Å². The number of rotatable bonds is 8. The van der Waals surface area contributed by atoms with Crippen molar-refractivity contribution in [1.29, 1.82) is 0 Å². The fraction of sp³-hybridized carbons (Fsp3) is 0.529. The van der Waals surface area contributed by atoms with Gasteiger partial charge in [-0.25, -0.2) is 13.2 Å². The van der Waals surface area contributed by atoms with Crippen molar-refractivity contribution >= 4 is 11.9 Å². The van der Waals surface area contributed by atoms with Gasteiger partial charge in [0.05, 0.1) is 6.61 Å². The van der Waals surface area contributed by atoms with Crippen LogP contribution in [0.1, 0.15) is 45.6 Å². The zero-order chi connectivity index (χ0) is 18.3. The second-order valence-electron chi connectivity index (χ2n) is 5.36. The lowest BCUT2D eigenvalue weighted by Gasteiger charge is -2.26. The number of ether oxygens (including phenoxy) is 2. The maximum atomic E-state index is 13.6. The molecule has 4 nitrogen and oxygen atoms in total. The van der Waals surface area contributed by atoms with Crippen LogP contribution in [-0.2, 0) is 25.7 Å². The van der Waals surface area contributed by atoms with Crippen molar-refractivity contribution in [2.45, 2.75) is 46.6 Å². The van der Waals surface area contributed by atoms with Crippen LogP contribution >= 0.6 is 0 Å². The third kappa shape index (κ3) is 4.27. The molecule has 0 saturated carbocycles. The summed E-state index contributed by atoms with van der Waals surface area (Å²) in [6.07, 6.45) is 0.890. The first-order valence-electron chi connectivity index (χ1n) is 7.80. The van der Waals surface area contributed by atoms with Gasteiger partial charge in [-0.1, -0.05) is 20.8 Å². The molecule has 0 spiro atoms. The first kappa shape index (κ1) is 20.0. The zero-order valence-electron chi connectivity index (χ0n) is 14.0. The van der Waals surface area contributed by atoms with Gasteiger partial charge in [-0.3, -0.25) is 9.59 Å². The lowest BCUT2D eigenvalue weighted by atomic mass is 9.82. The molecule has 0 saturated heterocycles. The third-order valence-electron chi connectivity index (χ3n) is 3.87. The Labute approximate surface area is 138 Å². The predicted octanol–water partition coefficient (Wildman–Crippen LogP) is 3.91. The summed E-state index contributed by atoms with van der Waals surface area (Å²) in [5.41, 5.74) is -1.81. The summed E-state index contributed by atoms with van der Waals surface area (Å²) in [4.78, 5) is 24.6. The molecule has 0 bridgehead atoms. The van der Waals surface area contributed by atoms with Crippen molar-refractivity contribution in [1.82, 2.24) is 0 Å². The van der Waals surface area contributed by atoms with Crippen molar-refractivity contribution in [2.75, 3.05) is 6.61 Å². The molecule has 0 radical (unpaired) electrons. The number of hydrogen-bond acceptors (Lipinski definition) is 4. The van der Waals surface area contributed by atoms with Crippen LogP contribution in [0.15, 0.2) is 12.1 Å². The molecule has 0 aliphatic heterocycles. The Bertz CT molecular complexity index is 598. The van der Waals surface area contributed by atoms with Gasteiger partial charge >= 0.3 is 11.9 Å². The highest BCUT2D eigenvalue weighted by Crippen LogP contribution is 2.31. The van der Waals surface area contributed by atoms with Gasteiger partial charge in [0.25, 0.3) is 0 Å². The molecule has 24 heavy (non-hydrogen) atoms. The van der Waals surface area contributed by atoms with E-state index in [1.54, 1.807) is 13.8 Å². The van der Waals surface area contributed by atoms with Crippen LogP contribution in [0.4, 0.5) is 13.2 Å². The molecule has 7 heteroatoms. The molecule has 0 heterocycles. The highest BCUT2D eigenvalue weighted by molar-refractivity contribution is 5.99. The summed E-state index contributed by atoms with van der Waals surface area (Å²) in [7, 11) is 0. The molecule has 0 amide bonds. The van der Waals surface area contributed by atoms with Crippen LogP contribution in [0.2, 0.25) is 0 Å². The van der Waals surface area contributed by atoms with Crippen molar-refractivity contribution in [2.24, 2.45) is 5.41 Å². The lowest BCUT2D eigenvalue weighted by molar-refractivity contribution is -0.174. The summed E-state index contributed by atoms with van der Waals surface area (Å²) in [5.74, 6) is -5.19. The second kappa shape index (κ2) is 8.70. The maximum Gasteiger partial charge on any atom is 0.323 e. The molecular formula is C17H21F3O4. The number of esters is 2. The molecule has 1 aromatic carbocycles. The van der Waals surface area contributed by atoms with E-state index in [2.05, 4.69) is 0 Å². The van der Waals surface area contributed by atoms with Gasteiger partial charge in [0, 0.05) is 11.6 Å². The van der Waals surface area contributed by atoms with Crippen LogP contribution in [0.3, 0.4) is 0 Å². The quantitative estimate of drug-likeness (QED) is 0.407. The van der Waals surface area contributed by atoms with Gasteiger partial charge in [-0.2, -0.15) is 0 Å². The Morgan fingerprint density at radius 1 is 0.917 bits per heavy atom. The van der Waals surface area contributed by atoms with Crippen molar-refractivity contribution in [3.05, 3.63) is 35.1 Å². The normalized spacial score (nSPS) is 11.2. The molecule has 1 aromatic rings. The standard InChI is InChI=1S/C17H21F3O4/c1-4-7-23-15(21)17(5-2,6-3)16(22)24-10-11-8-13(19)14(20)9-12(11)18/h8-9H,4-7,10H2,1-3H3. The average Bonchev–Trinajstić information content (AvgIpc) is 2.56.